The van der Waals surface area contributed by atoms with Crippen LogP contribution in [0.2, 0.25) is 0 Å². The molecule has 1 amide bonds. The average Bonchev–Trinajstić information content (AvgIpc) is 2.36. The molecule has 0 saturated carbocycles. The fourth-order valence-electron chi connectivity index (χ4n) is 2.25. The van der Waals surface area contributed by atoms with Gasteiger partial charge >= 0.3 is 0 Å². The van der Waals surface area contributed by atoms with Crippen molar-refractivity contribution >= 4 is 28.2 Å². The molecule has 120 valence electrons. The van der Waals surface area contributed by atoms with Gasteiger partial charge in [0.2, 0.25) is 5.91 Å². The number of halogens is 1. The highest BCUT2D eigenvalue weighted by atomic mass is 35.5. The summed E-state index contributed by atoms with van der Waals surface area (Å²) in [7, 11) is -1.34. The number of carbonyl (C=O) groups excluding carboxylic acids is 1. The second-order valence-corrected chi connectivity index (χ2v) is 8.13. The van der Waals surface area contributed by atoms with Crippen LogP contribution in [0.15, 0.2) is 0 Å². The Morgan fingerprint density at radius 3 is 2.30 bits per heavy atom. The summed E-state index contributed by atoms with van der Waals surface area (Å²) in [4.78, 5) is 13.7. The van der Waals surface area contributed by atoms with Gasteiger partial charge in [-0.2, -0.15) is 0 Å². The molecule has 0 aromatic rings. The van der Waals surface area contributed by atoms with E-state index in [1.165, 1.54) is 0 Å². The van der Waals surface area contributed by atoms with Crippen LogP contribution < -0.4 is 5.32 Å². The van der Waals surface area contributed by atoms with Crippen LogP contribution >= 0.6 is 12.4 Å². The zero-order valence-corrected chi connectivity index (χ0v) is 14.2. The molecule has 7 heteroatoms. The predicted octanol–water partition coefficient (Wildman–Crippen LogP) is 1.08. The van der Waals surface area contributed by atoms with Gasteiger partial charge in [-0.3, -0.25) is 4.79 Å². The Kier molecular flexibility index (Phi) is 8.70. The van der Waals surface area contributed by atoms with E-state index in [1.54, 1.807) is 18.7 Å². The Balaban J connectivity index is 0.00000361. The lowest BCUT2D eigenvalue weighted by Crippen LogP contribution is -2.42. The molecule has 1 saturated heterocycles. The van der Waals surface area contributed by atoms with E-state index in [1.807, 2.05) is 7.05 Å². The van der Waals surface area contributed by atoms with Gasteiger partial charge in [-0.25, -0.2) is 8.42 Å². The van der Waals surface area contributed by atoms with Crippen LogP contribution in [0, 0.1) is 5.92 Å². The summed E-state index contributed by atoms with van der Waals surface area (Å²) in [5, 5.41) is 2.65. The van der Waals surface area contributed by atoms with Crippen molar-refractivity contribution in [1.82, 2.24) is 10.2 Å². The molecule has 0 aromatic heterocycles. The van der Waals surface area contributed by atoms with E-state index in [9.17, 15) is 13.2 Å². The number of rotatable bonds is 6. The van der Waals surface area contributed by atoms with Gasteiger partial charge in [0.15, 0.2) is 9.84 Å². The van der Waals surface area contributed by atoms with Crippen molar-refractivity contribution in [2.75, 3.05) is 32.4 Å². The molecule has 0 aromatic carbocycles. The number of amides is 1. The molecule has 0 bridgehead atoms. The molecule has 1 heterocycles. The van der Waals surface area contributed by atoms with E-state index in [0.717, 1.165) is 25.8 Å². The van der Waals surface area contributed by atoms with Gasteiger partial charge in [-0.1, -0.05) is 0 Å². The first-order chi connectivity index (χ1) is 8.86. The minimum absolute atomic E-state index is 0. The number of hydrogen-bond donors (Lipinski definition) is 1. The van der Waals surface area contributed by atoms with Gasteiger partial charge in [0.1, 0.15) is 5.75 Å². The zero-order valence-electron chi connectivity index (χ0n) is 12.6. The van der Waals surface area contributed by atoms with Crippen molar-refractivity contribution in [1.29, 1.82) is 0 Å². The van der Waals surface area contributed by atoms with Crippen LogP contribution in [-0.4, -0.2) is 56.9 Å². The maximum atomic E-state index is 12.0. The number of hydrogen-bond acceptors (Lipinski definition) is 4. The molecule has 0 unspecified atom stereocenters. The van der Waals surface area contributed by atoms with Crippen molar-refractivity contribution in [3.05, 3.63) is 0 Å². The van der Waals surface area contributed by atoms with Crippen LogP contribution in [-0.2, 0) is 14.6 Å². The van der Waals surface area contributed by atoms with Crippen molar-refractivity contribution in [2.24, 2.45) is 5.92 Å². The molecular weight excluding hydrogens is 300 g/mol. The highest BCUT2D eigenvalue weighted by Gasteiger charge is 2.27. The monoisotopic (exact) mass is 326 g/mol. The summed E-state index contributed by atoms with van der Waals surface area (Å²) in [5.41, 5.74) is 0. The smallest absolute Gasteiger partial charge is 0.237 e. The minimum atomic E-state index is -3.28. The largest absolute Gasteiger partial charge is 0.342 e. The highest BCUT2D eigenvalue weighted by Crippen LogP contribution is 2.20. The normalized spacial score (nSPS) is 17.1. The topological polar surface area (TPSA) is 66.5 Å². The first-order valence-corrected chi connectivity index (χ1v) is 8.72. The van der Waals surface area contributed by atoms with Gasteiger partial charge < -0.3 is 10.2 Å². The zero-order chi connectivity index (χ0) is 14.5. The summed E-state index contributed by atoms with van der Waals surface area (Å²) in [6.45, 7) is 5.63. The van der Waals surface area contributed by atoms with Crippen LogP contribution in [0.3, 0.4) is 0 Å². The second kappa shape index (κ2) is 8.85. The average molecular weight is 327 g/mol. The number of nitrogens with one attached hydrogen (secondary N) is 1. The second-order valence-electron chi connectivity index (χ2n) is 5.57. The fraction of sp³-hybridized carbons (Fsp3) is 0.923. The Bertz CT molecular complexity index is 390. The fourth-order valence-corrected chi connectivity index (χ4v) is 3.11. The molecule has 0 radical (unpaired) electrons. The van der Waals surface area contributed by atoms with Gasteiger partial charge in [0, 0.05) is 13.1 Å². The lowest BCUT2D eigenvalue weighted by atomic mass is 9.93. The molecule has 20 heavy (non-hydrogen) atoms. The summed E-state index contributed by atoms with van der Waals surface area (Å²) < 4.78 is 23.5. The number of nitrogens with zero attached hydrogens (tertiary/aromatic N) is 1. The van der Waals surface area contributed by atoms with Crippen LogP contribution in [0.25, 0.3) is 0 Å². The molecule has 0 spiro atoms. The Labute approximate surface area is 128 Å². The van der Waals surface area contributed by atoms with Crippen molar-refractivity contribution in [2.45, 2.75) is 38.4 Å². The predicted molar refractivity (Wildman–Crippen MR) is 84.0 cm³/mol. The third-order valence-corrected chi connectivity index (χ3v) is 5.90. The first-order valence-electron chi connectivity index (χ1n) is 7.00. The van der Waals surface area contributed by atoms with E-state index in [2.05, 4.69) is 5.32 Å². The maximum Gasteiger partial charge on any atom is 0.237 e. The van der Waals surface area contributed by atoms with Crippen molar-refractivity contribution in [3.8, 4) is 0 Å². The van der Waals surface area contributed by atoms with Crippen LogP contribution in [0.4, 0.5) is 0 Å². The maximum absolute atomic E-state index is 12.0. The van der Waals surface area contributed by atoms with Crippen LogP contribution in [0.1, 0.15) is 33.1 Å². The van der Waals surface area contributed by atoms with Gasteiger partial charge in [0.05, 0.1) is 5.25 Å². The molecule has 1 aliphatic rings. The van der Waals surface area contributed by atoms with E-state index in [-0.39, 0.29) is 24.1 Å². The molecule has 1 N–H and O–H groups in total. The lowest BCUT2D eigenvalue weighted by molar-refractivity contribution is -0.129. The summed E-state index contributed by atoms with van der Waals surface area (Å²) in [5.74, 6) is 0.0743. The van der Waals surface area contributed by atoms with Gasteiger partial charge in [-0.05, 0) is 52.6 Å². The molecular formula is C13H27ClN2O3S. The van der Waals surface area contributed by atoms with E-state index >= 15 is 0 Å². The third kappa shape index (κ3) is 5.97. The van der Waals surface area contributed by atoms with Crippen molar-refractivity contribution in [3.63, 3.8) is 0 Å². The molecule has 5 nitrogen and oxygen atoms in total. The van der Waals surface area contributed by atoms with Crippen molar-refractivity contribution < 1.29 is 13.2 Å². The van der Waals surface area contributed by atoms with Gasteiger partial charge in [-0.15, -0.1) is 12.4 Å². The lowest BCUT2D eigenvalue weighted by Gasteiger charge is -2.32. The standard InChI is InChI=1S/C13H26N2O3S.ClH/c1-11(2)19(17,18)10-13(16)15-8-5-12(6-9-15)4-7-14-3;/h11-12,14H,4-10H2,1-3H3;1H. The number of sulfone groups is 1. The van der Waals surface area contributed by atoms with E-state index < -0.39 is 15.1 Å². The Morgan fingerprint density at radius 1 is 1.30 bits per heavy atom. The number of carbonyl (C=O) groups is 1. The number of piperidine rings is 1. The summed E-state index contributed by atoms with van der Waals surface area (Å²) >= 11 is 0. The molecule has 0 aliphatic carbocycles. The number of likely N-dealkylation sites (tertiary alicyclic amines) is 1. The molecule has 1 aliphatic heterocycles. The minimum Gasteiger partial charge on any atom is -0.342 e. The quantitative estimate of drug-likeness (QED) is 0.793. The first kappa shape index (κ1) is 19.7. The Hall–Kier alpha value is -0.330. The molecule has 1 fully saturated rings. The SMILES string of the molecule is CNCCC1CCN(C(=O)CS(=O)(=O)C(C)C)CC1.Cl. The summed E-state index contributed by atoms with van der Waals surface area (Å²) in [6, 6.07) is 0. The van der Waals surface area contributed by atoms with E-state index in [4.69, 9.17) is 0 Å². The molecule has 1 rings (SSSR count). The van der Waals surface area contributed by atoms with Gasteiger partial charge in [0.25, 0.3) is 0 Å². The molecule has 0 atom stereocenters. The summed E-state index contributed by atoms with van der Waals surface area (Å²) in [6.07, 6.45) is 3.09. The Morgan fingerprint density at radius 2 is 1.85 bits per heavy atom. The van der Waals surface area contributed by atoms with Crippen LogP contribution in [0.5, 0.6) is 0 Å². The highest BCUT2D eigenvalue weighted by molar-refractivity contribution is 7.92. The third-order valence-electron chi connectivity index (χ3n) is 3.81. The van der Waals surface area contributed by atoms with E-state index in [0.29, 0.717) is 19.0 Å².